The summed E-state index contributed by atoms with van der Waals surface area (Å²) in [5, 5.41) is 15.4. The van der Waals surface area contributed by atoms with Crippen molar-refractivity contribution in [1.82, 2.24) is 30.6 Å². The van der Waals surface area contributed by atoms with Crippen LogP contribution >= 0.6 is 11.6 Å². The van der Waals surface area contributed by atoms with Gasteiger partial charge in [-0.25, -0.2) is 9.97 Å². The highest BCUT2D eigenvalue weighted by atomic mass is 35.5. The quantitative estimate of drug-likeness (QED) is 0.313. The highest BCUT2D eigenvalue weighted by Gasteiger charge is 2.12. The van der Waals surface area contributed by atoms with E-state index >= 15 is 0 Å². The first-order chi connectivity index (χ1) is 17.2. The smallest absolute Gasteiger partial charge is 0.269 e. The minimum atomic E-state index is 0.314. The number of halogens is 1. The van der Waals surface area contributed by atoms with Crippen molar-refractivity contribution in [3.05, 3.63) is 94.6 Å². The summed E-state index contributed by atoms with van der Waals surface area (Å²) in [5.41, 5.74) is 5.09. The Hall–Kier alpha value is -4.56. The molecule has 0 aliphatic rings. The Morgan fingerprint density at radius 2 is 1.77 bits per heavy atom. The molecule has 0 amide bonds. The van der Waals surface area contributed by atoms with Gasteiger partial charge in [0.2, 0.25) is 0 Å². The molecule has 0 radical (unpaired) electrons. The van der Waals surface area contributed by atoms with Crippen LogP contribution in [0.4, 0.5) is 0 Å². The third kappa shape index (κ3) is 4.60. The second kappa shape index (κ2) is 9.00. The van der Waals surface area contributed by atoms with E-state index in [1.807, 2.05) is 84.9 Å². The second-order valence-electron chi connectivity index (χ2n) is 7.82. The number of ether oxygens (including phenoxy) is 1. The molecular weight excluding hydrogens is 464 g/mol. The molecule has 0 spiro atoms. The molecule has 0 atom stereocenters. The molecular formula is C26H17ClN6O2. The third-order valence-electron chi connectivity index (χ3n) is 5.40. The molecule has 0 saturated carbocycles. The van der Waals surface area contributed by atoms with Gasteiger partial charge in [-0.1, -0.05) is 48.0 Å². The van der Waals surface area contributed by atoms with Crippen LogP contribution in [0.25, 0.3) is 45.9 Å². The number of hydrogen-bond donors (Lipinski definition) is 1. The number of hydrogen-bond acceptors (Lipinski definition) is 7. The summed E-state index contributed by atoms with van der Waals surface area (Å²) in [6, 6.07) is 23.3. The van der Waals surface area contributed by atoms with Gasteiger partial charge in [0, 0.05) is 10.4 Å². The van der Waals surface area contributed by atoms with E-state index in [2.05, 4.69) is 30.6 Å². The van der Waals surface area contributed by atoms with Crippen LogP contribution in [0.3, 0.4) is 0 Å². The predicted octanol–water partition coefficient (Wildman–Crippen LogP) is 5.96. The van der Waals surface area contributed by atoms with Crippen LogP contribution in [-0.4, -0.2) is 30.6 Å². The lowest BCUT2D eigenvalue weighted by Gasteiger charge is -2.06. The van der Waals surface area contributed by atoms with E-state index in [1.165, 1.54) is 0 Å². The molecule has 1 N–H and O–H groups in total. The van der Waals surface area contributed by atoms with Gasteiger partial charge in [0.15, 0.2) is 5.58 Å². The summed E-state index contributed by atoms with van der Waals surface area (Å²) in [6.45, 7) is 0.396. The molecule has 0 fully saturated rings. The van der Waals surface area contributed by atoms with E-state index in [0.717, 1.165) is 33.5 Å². The molecule has 170 valence electrons. The van der Waals surface area contributed by atoms with E-state index < -0.39 is 0 Å². The number of tetrazole rings is 1. The summed E-state index contributed by atoms with van der Waals surface area (Å²) in [7, 11) is 0. The van der Waals surface area contributed by atoms with Gasteiger partial charge in [-0.15, -0.1) is 10.2 Å². The van der Waals surface area contributed by atoms with Crippen molar-refractivity contribution >= 4 is 45.8 Å². The number of oxazole rings is 1. The van der Waals surface area contributed by atoms with Crippen molar-refractivity contribution < 1.29 is 9.15 Å². The van der Waals surface area contributed by atoms with Gasteiger partial charge < -0.3 is 9.15 Å². The summed E-state index contributed by atoms with van der Waals surface area (Å²) >= 11 is 6.08. The number of pyridine rings is 1. The zero-order chi connectivity index (χ0) is 23.6. The van der Waals surface area contributed by atoms with E-state index in [-0.39, 0.29) is 0 Å². The molecule has 0 aliphatic heterocycles. The summed E-state index contributed by atoms with van der Waals surface area (Å²) in [4.78, 5) is 9.02. The zero-order valence-corrected chi connectivity index (χ0v) is 19.0. The molecule has 6 aromatic rings. The SMILES string of the molecule is Clc1ccc2ccc(C=Cc3ccc(OCc4ccc5nc(-c6nn[nH]n6)oc5c4)cc3)nc2c1. The Kier molecular flexibility index (Phi) is 5.40. The first-order valence-corrected chi connectivity index (χ1v) is 11.2. The van der Waals surface area contributed by atoms with Crippen LogP contribution in [0, 0.1) is 0 Å². The number of aromatic amines is 1. The van der Waals surface area contributed by atoms with E-state index in [0.29, 0.717) is 34.4 Å². The Morgan fingerprint density at radius 3 is 2.63 bits per heavy atom. The lowest BCUT2D eigenvalue weighted by molar-refractivity contribution is 0.306. The minimum absolute atomic E-state index is 0.314. The first kappa shape index (κ1) is 21.0. The molecule has 3 heterocycles. The van der Waals surface area contributed by atoms with Gasteiger partial charge in [0.1, 0.15) is 17.9 Å². The highest BCUT2D eigenvalue weighted by molar-refractivity contribution is 6.31. The molecule has 0 saturated heterocycles. The number of benzene rings is 3. The fourth-order valence-electron chi connectivity index (χ4n) is 3.63. The average molecular weight is 481 g/mol. The van der Waals surface area contributed by atoms with Gasteiger partial charge in [0.25, 0.3) is 11.7 Å². The maximum Gasteiger partial charge on any atom is 0.269 e. The Labute approximate surface area is 204 Å². The number of fused-ring (bicyclic) bond motifs is 2. The van der Waals surface area contributed by atoms with E-state index in [1.54, 1.807) is 0 Å². The molecule has 35 heavy (non-hydrogen) atoms. The van der Waals surface area contributed by atoms with Gasteiger partial charge >= 0.3 is 0 Å². The third-order valence-corrected chi connectivity index (χ3v) is 5.63. The van der Waals surface area contributed by atoms with Gasteiger partial charge in [0.05, 0.1) is 11.2 Å². The second-order valence-corrected chi connectivity index (χ2v) is 8.26. The molecule has 6 rings (SSSR count). The van der Waals surface area contributed by atoms with Crippen molar-refractivity contribution in [1.29, 1.82) is 0 Å². The molecule has 8 nitrogen and oxygen atoms in total. The average Bonchev–Trinajstić information content (AvgIpc) is 3.56. The monoisotopic (exact) mass is 480 g/mol. The lowest BCUT2D eigenvalue weighted by atomic mass is 10.1. The van der Waals surface area contributed by atoms with Crippen LogP contribution < -0.4 is 4.74 Å². The fraction of sp³-hybridized carbons (Fsp3) is 0.0385. The van der Waals surface area contributed by atoms with E-state index in [9.17, 15) is 0 Å². The van der Waals surface area contributed by atoms with Crippen molar-refractivity contribution in [3.8, 4) is 17.5 Å². The van der Waals surface area contributed by atoms with Crippen LogP contribution in [0.15, 0.2) is 77.2 Å². The van der Waals surface area contributed by atoms with Crippen LogP contribution in [0.1, 0.15) is 16.8 Å². The van der Waals surface area contributed by atoms with Crippen LogP contribution in [0.5, 0.6) is 5.75 Å². The van der Waals surface area contributed by atoms with E-state index in [4.69, 9.17) is 20.8 Å². The fourth-order valence-corrected chi connectivity index (χ4v) is 3.80. The molecule has 3 aromatic carbocycles. The largest absolute Gasteiger partial charge is 0.489 e. The number of H-pyrrole nitrogens is 1. The number of nitrogens with zero attached hydrogens (tertiary/aromatic N) is 5. The Bertz CT molecular complexity index is 1660. The highest BCUT2D eigenvalue weighted by Crippen LogP contribution is 2.23. The van der Waals surface area contributed by atoms with Crippen LogP contribution in [-0.2, 0) is 6.61 Å². The van der Waals surface area contributed by atoms with Crippen molar-refractivity contribution in [3.63, 3.8) is 0 Å². The lowest BCUT2D eigenvalue weighted by Crippen LogP contribution is -1.95. The van der Waals surface area contributed by atoms with Crippen LogP contribution in [0.2, 0.25) is 5.02 Å². The standard InChI is InChI=1S/C26H17ClN6O2/c27-19-7-5-18-6-9-20(28-23(18)14-19)8-1-16-2-10-21(11-3-16)34-15-17-4-12-22-24(13-17)35-26(29-22)25-30-32-33-31-25/h1-14H,15H2,(H,30,31,32,33). The summed E-state index contributed by atoms with van der Waals surface area (Å²) < 4.78 is 11.7. The molecule has 0 unspecified atom stereocenters. The van der Waals surface area contributed by atoms with Gasteiger partial charge in [-0.2, -0.15) is 5.21 Å². The number of aromatic nitrogens is 6. The zero-order valence-electron chi connectivity index (χ0n) is 18.2. The normalized spacial score (nSPS) is 11.6. The molecule has 0 bridgehead atoms. The van der Waals surface area contributed by atoms with Crippen molar-refractivity contribution in [2.75, 3.05) is 0 Å². The summed E-state index contributed by atoms with van der Waals surface area (Å²) in [5.74, 6) is 1.40. The first-order valence-electron chi connectivity index (χ1n) is 10.8. The topological polar surface area (TPSA) is 103 Å². The maximum absolute atomic E-state index is 6.08. The Balaban J connectivity index is 1.11. The van der Waals surface area contributed by atoms with Gasteiger partial charge in [-0.3, -0.25) is 0 Å². The summed E-state index contributed by atoms with van der Waals surface area (Å²) in [6.07, 6.45) is 3.99. The van der Waals surface area contributed by atoms with Crippen molar-refractivity contribution in [2.45, 2.75) is 6.61 Å². The molecule has 3 aromatic heterocycles. The Morgan fingerprint density at radius 1 is 0.886 bits per heavy atom. The van der Waals surface area contributed by atoms with Crippen molar-refractivity contribution in [2.24, 2.45) is 0 Å². The molecule has 9 heteroatoms. The van der Waals surface area contributed by atoms with Gasteiger partial charge in [-0.05, 0) is 64.9 Å². The number of nitrogens with one attached hydrogen (secondary N) is 1. The predicted molar refractivity (Wildman–Crippen MR) is 134 cm³/mol. The number of rotatable bonds is 6. The molecule has 0 aliphatic carbocycles. The maximum atomic E-state index is 6.08. The minimum Gasteiger partial charge on any atom is -0.489 e.